The number of amides is 1. The normalized spacial score (nSPS) is 14.3. The summed E-state index contributed by atoms with van der Waals surface area (Å²) in [4.78, 5) is 14.1. The van der Waals surface area contributed by atoms with Gasteiger partial charge in [-0.1, -0.05) is 11.6 Å². The highest BCUT2D eigenvalue weighted by Crippen LogP contribution is 2.23. The first-order valence-electron chi connectivity index (χ1n) is 7.75. The number of carbonyl (C=O) groups is 1. The van der Waals surface area contributed by atoms with Crippen molar-refractivity contribution < 1.29 is 9.21 Å². The Kier molecular flexibility index (Phi) is 9.32. The van der Waals surface area contributed by atoms with Crippen molar-refractivity contribution in [1.29, 1.82) is 0 Å². The van der Waals surface area contributed by atoms with Crippen molar-refractivity contribution >= 4 is 42.3 Å². The standard InChI is InChI=1S/C17H20ClN3O2.2ClH/c18-14-3-1-13(2-4-14)16-6-5-15(23-16)11-20-17(22)12-21-9-7-19-8-10-21;;/h1-6,19H,7-12H2,(H,20,22);2*1H. The maximum Gasteiger partial charge on any atom is 0.234 e. The monoisotopic (exact) mass is 405 g/mol. The number of halogens is 3. The van der Waals surface area contributed by atoms with E-state index in [0.717, 1.165) is 43.3 Å². The molecule has 2 heterocycles. The molecule has 0 atom stereocenters. The van der Waals surface area contributed by atoms with Crippen LogP contribution >= 0.6 is 36.4 Å². The number of carbonyl (C=O) groups excluding carboxylic acids is 1. The lowest BCUT2D eigenvalue weighted by Crippen LogP contribution is -2.47. The van der Waals surface area contributed by atoms with Gasteiger partial charge in [-0.2, -0.15) is 0 Å². The maximum absolute atomic E-state index is 12.0. The molecule has 0 aliphatic carbocycles. The van der Waals surface area contributed by atoms with Crippen molar-refractivity contribution in [2.75, 3.05) is 32.7 Å². The van der Waals surface area contributed by atoms with E-state index in [-0.39, 0.29) is 30.7 Å². The van der Waals surface area contributed by atoms with Crippen LogP contribution < -0.4 is 10.6 Å². The van der Waals surface area contributed by atoms with Gasteiger partial charge in [0.25, 0.3) is 0 Å². The Morgan fingerprint density at radius 1 is 1.12 bits per heavy atom. The quantitative estimate of drug-likeness (QED) is 0.801. The molecule has 138 valence electrons. The number of nitrogens with one attached hydrogen (secondary N) is 2. The zero-order valence-corrected chi connectivity index (χ0v) is 16.1. The molecule has 1 fully saturated rings. The number of rotatable bonds is 5. The Morgan fingerprint density at radius 3 is 2.48 bits per heavy atom. The molecule has 5 nitrogen and oxygen atoms in total. The largest absolute Gasteiger partial charge is 0.459 e. The summed E-state index contributed by atoms with van der Waals surface area (Å²) in [7, 11) is 0. The Bertz CT molecular complexity index is 655. The third-order valence-corrected chi connectivity index (χ3v) is 4.08. The lowest BCUT2D eigenvalue weighted by Gasteiger charge is -2.26. The fourth-order valence-corrected chi connectivity index (χ4v) is 2.68. The summed E-state index contributed by atoms with van der Waals surface area (Å²) in [6.45, 7) is 4.54. The second-order valence-corrected chi connectivity index (χ2v) is 6.01. The molecule has 1 aromatic heterocycles. The number of piperazine rings is 1. The molecule has 3 rings (SSSR count). The molecular formula is C17H22Cl3N3O2. The van der Waals surface area contributed by atoms with E-state index in [2.05, 4.69) is 15.5 Å². The zero-order chi connectivity index (χ0) is 16.1. The third kappa shape index (κ3) is 6.53. The molecule has 25 heavy (non-hydrogen) atoms. The first-order chi connectivity index (χ1) is 11.2. The second-order valence-electron chi connectivity index (χ2n) is 5.58. The van der Waals surface area contributed by atoms with Crippen molar-refractivity contribution in [2.24, 2.45) is 0 Å². The molecule has 0 radical (unpaired) electrons. The van der Waals surface area contributed by atoms with Gasteiger partial charge in [0.15, 0.2) is 0 Å². The van der Waals surface area contributed by atoms with Gasteiger partial charge in [-0.05, 0) is 36.4 Å². The first kappa shape index (κ1) is 21.8. The van der Waals surface area contributed by atoms with Crippen LogP contribution in [0.5, 0.6) is 0 Å². The predicted molar refractivity (Wildman–Crippen MR) is 105 cm³/mol. The smallest absolute Gasteiger partial charge is 0.234 e. The fraction of sp³-hybridized carbons (Fsp3) is 0.353. The minimum absolute atomic E-state index is 0. The lowest BCUT2D eigenvalue weighted by molar-refractivity contribution is -0.122. The maximum atomic E-state index is 12.0. The molecule has 1 aliphatic rings. The number of benzene rings is 1. The Balaban J connectivity index is 0.00000156. The Morgan fingerprint density at radius 2 is 1.80 bits per heavy atom. The van der Waals surface area contributed by atoms with E-state index in [1.165, 1.54) is 0 Å². The molecule has 1 aliphatic heterocycles. The van der Waals surface area contributed by atoms with E-state index in [0.29, 0.717) is 18.1 Å². The first-order valence-corrected chi connectivity index (χ1v) is 8.13. The van der Waals surface area contributed by atoms with Crippen LogP contribution in [-0.2, 0) is 11.3 Å². The van der Waals surface area contributed by atoms with Crippen LogP contribution in [0.3, 0.4) is 0 Å². The highest BCUT2D eigenvalue weighted by Gasteiger charge is 2.13. The summed E-state index contributed by atoms with van der Waals surface area (Å²) in [6.07, 6.45) is 0. The van der Waals surface area contributed by atoms with Crippen molar-refractivity contribution in [3.05, 3.63) is 47.2 Å². The minimum atomic E-state index is 0. The van der Waals surface area contributed by atoms with Crippen LogP contribution in [0.2, 0.25) is 5.02 Å². The number of hydrogen-bond acceptors (Lipinski definition) is 4. The molecule has 1 amide bonds. The number of nitrogens with zero attached hydrogens (tertiary/aromatic N) is 1. The van der Waals surface area contributed by atoms with Crippen molar-refractivity contribution in [3.63, 3.8) is 0 Å². The summed E-state index contributed by atoms with van der Waals surface area (Å²) >= 11 is 5.88. The fourth-order valence-electron chi connectivity index (χ4n) is 2.56. The van der Waals surface area contributed by atoms with E-state index in [4.69, 9.17) is 16.0 Å². The van der Waals surface area contributed by atoms with E-state index in [1.807, 2.05) is 36.4 Å². The van der Waals surface area contributed by atoms with E-state index < -0.39 is 0 Å². The lowest BCUT2D eigenvalue weighted by atomic mass is 10.2. The van der Waals surface area contributed by atoms with Gasteiger partial charge >= 0.3 is 0 Å². The molecule has 0 unspecified atom stereocenters. The van der Waals surface area contributed by atoms with E-state index in [9.17, 15) is 4.79 Å². The summed E-state index contributed by atoms with van der Waals surface area (Å²) < 4.78 is 5.77. The van der Waals surface area contributed by atoms with Gasteiger partial charge in [-0.3, -0.25) is 9.69 Å². The highest BCUT2D eigenvalue weighted by molar-refractivity contribution is 6.30. The molecule has 0 spiro atoms. The molecule has 8 heteroatoms. The van der Waals surface area contributed by atoms with Crippen molar-refractivity contribution in [2.45, 2.75) is 6.54 Å². The van der Waals surface area contributed by atoms with Gasteiger partial charge in [0.1, 0.15) is 11.5 Å². The second kappa shape index (κ2) is 10.7. The minimum Gasteiger partial charge on any atom is -0.459 e. The van der Waals surface area contributed by atoms with Crippen LogP contribution in [0.25, 0.3) is 11.3 Å². The molecular weight excluding hydrogens is 385 g/mol. The molecule has 0 saturated carbocycles. The average molecular weight is 407 g/mol. The van der Waals surface area contributed by atoms with Gasteiger partial charge in [0, 0.05) is 36.8 Å². The van der Waals surface area contributed by atoms with Crippen LogP contribution in [0.15, 0.2) is 40.8 Å². The molecule has 1 aromatic carbocycles. The molecule has 2 N–H and O–H groups in total. The van der Waals surface area contributed by atoms with Gasteiger partial charge in [-0.15, -0.1) is 24.8 Å². The summed E-state index contributed by atoms with van der Waals surface area (Å²) in [5, 5.41) is 6.87. The zero-order valence-electron chi connectivity index (χ0n) is 13.7. The van der Waals surface area contributed by atoms with Crippen LogP contribution in [0, 0.1) is 0 Å². The highest BCUT2D eigenvalue weighted by atomic mass is 35.5. The SMILES string of the molecule is Cl.Cl.O=C(CN1CCNCC1)NCc1ccc(-c2ccc(Cl)cc2)o1. The number of furan rings is 1. The Hall–Kier alpha value is -1.24. The molecule has 1 saturated heterocycles. The summed E-state index contributed by atoms with van der Waals surface area (Å²) in [6, 6.07) is 11.3. The Labute approximate surface area is 164 Å². The summed E-state index contributed by atoms with van der Waals surface area (Å²) in [5.74, 6) is 1.54. The third-order valence-electron chi connectivity index (χ3n) is 3.83. The van der Waals surface area contributed by atoms with E-state index in [1.54, 1.807) is 0 Å². The van der Waals surface area contributed by atoms with Crippen LogP contribution in [-0.4, -0.2) is 43.5 Å². The van der Waals surface area contributed by atoms with E-state index >= 15 is 0 Å². The van der Waals surface area contributed by atoms with Gasteiger partial charge < -0.3 is 15.1 Å². The van der Waals surface area contributed by atoms with Crippen LogP contribution in [0.1, 0.15) is 5.76 Å². The topological polar surface area (TPSA) is 57.5 Å². The van der Waals surface area contributed by atoms with Crippen molar-refractivity contribution in [1.82, 2.24) is 15.5 Å². The van der Waals surface area contributed by atoms with Gasteiger partial charge in [0.2, 0.25) is 5.91 Å². The summed E-state index contributed by atoms with van der Waals surface area (Å²) in [5.41, 5.74) is 0.966. The average Bonchev–Trinajstić information content (AvgIpc) is 3.04. The molecule has 0 bridgehead atoms. The van der Waals surface area contributed by atoms with Crippen LogP contribution in [0.4, 0.5) is 0 Å². The number of hydrogen-bond donors (Lipinski definition) is 2. The van der Waals surface area contributed by atoms with Gasteiger partial charge in [0.05, 0.1) is 13.1 Å². The van der Waals surface area contributed by atoms with Gasteiger partial charge in [-0.25, -0.2) is 0 Å². The van der Waals surface area contributed by atoms with Crippen molar-refractivity contribution in [3.8, 4) is 11.3 Å². The predicted octanol–water partition coefficient (Wildman–Crippen LogP) is 2.97. The molecule has 2 aromatic rings.